The molecule has 0 radical (unpaired) electrons. The van der Waals surface area contributed by atoms with Crippen LogP contribution >= 0.6 is 34.8 Å². The van der Waals surface area contributed by atoms with E-state index in [1.54, 1.807) is 24.3 Å². The van der Waals surface area contributed by atoms with Crippen LogP contribution in [0.15, 0.2) is 54.9 Å². The van der Waals surface area contributed by atoms with Gasteiger partial charge in [-0.05, 0) is 35.9 Å². The number of pyridine rings is 1. The van der Waals surface area contributed by atoms with Gasteiger partial charge in [-0.25, -0.2) is 9.18 Å². The van der Waals surface area contributed by atoms with Crippen LogP contribution in [0.4, 0.5) is 15.8 Å². The summed E-state index contributed by atoms with van der Waals surface area (Å²) in [6.07, 6.45) is 2.78. The Labute approximate surface area is 192 Å². The van der Waals surface area contributed by atoms with Gasteiger partial charge in [-0.2, -0.15) is 0 Å². The van der Waals surface area contributed by atoms with Gasteiger partial charge < -0.3 is 15.7 Å². The van der Waals surface area contributed by atoms with Gasteiger partial charge in [0.2, 0.25) is 0 Å². The Morgan fingerprint density at radius 1 is 0.968 bits per heavy atom. The fourth-order valence-electron chi connectivity index (χ4n) is 2.77. The quantitative estimate of drug-likeness (QED) is 0.411. The van der Waals surface area contributed by atoms with Crippen molar-refractivity contribution in [2.45, 2.75) is 12.5 Å². The van der Waals surface area contributed by atoms with E-state index in [1.165, 1.54) is 24.5 Å². The number of nitrogens with one attached hydrogen (secondary N) is 2. The lowest BCUT2D eigenvalue weighted by Crippen LogP contribution is -2.31. The van der Waals surface area contributed by atoms with E-state index >= 15 is 0 Å². The van der Waals surface area contributed by atoms with E-state index in [-0.39, 0.29) is 27.1 Å². The zero-order chi connectivity index (χ0) is 22.5. The van der Waals surface area contributed by atoms with E-state index in [9.17, 15) is 19.1 Å². The van der Waals surface area contributed by atoms with Crippen LogP contribution in [0.5, 0.6) is 0 Å². The number of carboxylic acids is 1. The van der Waals surface area contributed by atoms with Gasteiger partial charge in [0.05, 0.1) is 20.6 Å². The summed E-state index contributed by atoms with van der Waals surface area (Å²) < 4.78 is 13.3. The molecule has 2 aromatic carbocycles. The topological polar surface area (TPSA) is 91.3 Å². The van der Waals surface area contributed by atoms with Crippen molar-refractivity contribution in [1.82, 2.24) is 4.98 Å². The molecule has 3 rings (SSSR count). The summed E-state index contributed by atoms with van der Waals surface area (Å²) in [6.45, 7) is 0. The molecule has 0 spiro atoms. The lowest BCUT2D eigenvalue weighted by Gasteiger charge is -2.16. The molecule has 0 bridgehead atoms. The number of aliphatic carboxylic acids is 1. The molecular formula is C21H15Cl3FN3O3. The molecule has 10 heteroatoms. The third kappa shape index (κ3) is 5.85. The molecule has 0 saturated heterocycles. The van der Waals surface area contributed by atoms with Crippen LogP contribution in [0.1, 0.15) is 15.9 Å². The van der Waals surface area contributed by atoms with Crippen molar-refractivity contribution in [2.75, 3.05) is 10.6 Å². The molecule has 0 aliphatic heterocycles. The Kier molecular flexibility index (Phi) is 7.33. The number of rotatable bonds is 7. The van der Waals surface area contributed by atoms with Crippen molar-refractivity contribution < 1.29 is 19.1 Å². The van der Waals surface area contributed by atoms with Gasteiger partial charge in [0.25, 0.3) is 5.91 Å². The number of halogens is 4. The number of carboxylic acid groups (broad SMARTS) is 1. The van der Waals surface area contributed by atoms with Crippen LogP contribution in [0, 0.1) is 5.82 Å². The molecule has 3 aromatic rings. The Bertz CT molecular complexity index is 1110. The molecule has 6 nitrogen and oxygen atoms in total. The molecule has 1 aromatic heterocycles. The zero-order valence-electron chi connectivity index (χ0n) is 15.7. The van der Waals surface area contributed by atoms with Crippen LogP contribution in [-0.4, -0.2) is 28.0 Å². The second-order valence-corrected chi connectivity index (χ2v) is 7.72. The van der Waals surface area contributed by atoms with Gasteiger partial charge >= 0.3 is 5.97 Å². The zero-order valence-corrected chi connectivity index (χ0v) is 18.0. The molecule has 1 amide bonds. The van der Waals surface area contributed by atoms with Crippen LogP contribution in [0.3, 0.4) is 0 Å². The predicted molar refractivity (Wildman–Crippen MR) is 119 cm³/mol. The molecule has 1 heterocycles. The standard InChI is InChI=1S/C21H15Cl3FN3O3/c22-14-8-13(5-6-17(14)25)27-18(21(30)31)7-11-1-3-12(4-2-11)28-20(29)19-15(23)9-26-10-16(19)24/h1-6,8-10,18,27H,7H2,(H,28,29)(H,30,31). The monoisotopic (exact) mass is 481 g/mol. The minimum atomic E-state index is -1.08. The molecular weight excluding hydrogens is 468 g/mol. The SMILES string of the molecule is O=C(Nc1ccc(CC(Nc2ccc(F)c(Cl)c2)C(=O)O)cc1)c1c(Cl)cncc1Cl. The summed E-state index contributed by atoms with van der Waals surface area (Å²) in [5, 5.41) is 15.1. The number of amides is 1. The summed E-state index contributed by atoms with van der Waals surface area (Å²) in [6, 6.07) is 9.53. The number of carbonyl (C=O) groups excluding carboxylic acids is 1. The highest BCUT2D eigenvalue weighted by Gasteiger charge is 2.19. The largest absolute Gasteiger partial charge is 0.480 e. The second kappa shape index (κ2) is 9.96. The first-order valence-electron chi connectivity index (χ1n) is 8.88. The minimum Gasteiger partial charge on any atom is -0.480 e. The van der Waals surface area contributed by atoms with Crippen molar-refractivity contribution in [1.29, 1.82) is 0 Å². The van der Waals surface area contributed by atoms with Gasteiger partial charge in [0, 0.05) is 30.2 Å². The highest BCUT2D eigenvalue weighted by Crippen LogP contribution is 2.24. The van der Waals surface area contributed by atoms with E-state index in [1.807, 2.05) is 0 Å². The van der Waals surface area contributed by atoms with Crippen LogP contribution in [0.25, 0.3) is 0 Å². The number of carbonyl (C=O) groups is 2. The maximum atomic E-state index is 13.3. The Hall–Kier alpha value is -2.87. The number of nitrogens with zero attached hydrogens (tertiary/aromatic N) is 1. The summed E-state index contributed by atoms with van der Waals surface area (Å²) in [7, 11) is 0. The van der Waals surface area contributed by atoms with E-state index in [0.29, 0.717) is 16.9 Å². The summed E-state index contributed by atoms with van der Waals surface area (Å²) in [5.41, 5.74) is 1.67. The average molecular weight is 483 g/mol. The molecule has 0 aliphatic rings. The first kappa shape index (κ1) is 22.8. The number of hydrogen-bond donors (Lipinski definition) is 3. The Morgan fingerprint density at radius 3 is 2.16 bits per heavy atom. The first-order valence-corrected chi connectivity index (χ1v) is 10.0. The fraction of sp³-hybridized carbons (Fsp3) is 0.0952. The molecule has 0 aliphatic carbocycles. The van der Waals surface area contributed by atoms with Crippen molar-refractivity contribution in [3.8, 4) is 0 Å². The maximum absolute atomic E-state index is 13.3. The van der Waals surface area contributed by atoms with E-state index in [0.717, 1.165) is 6.07 Å². The maximum Gasteiger partial charge on any atom is 0.326 e. The lowest BCUT2D eigenvalue weighted by atomic mass is 10.0. The van der Waals surface area contributed by atoms with Crippen molar-refractivity contribution >= 4 is 58.1 Å². The molecule has 160 valence electrons. The molecule has 31 heavy (non-hydrogen) atoms. The molecule has 1 unspecified atom stereocenters. The van der Waals surface area contributed by atoms with Crippen LogP contribution < -0.4 is 10.6 Å². The van der Waals surface area contributed by atoms with Crippen molar-refractivity contribution in [2.24, 2.45) is 0 Å². The average Bonchev–Trinajstić information content (AvgIpc) is 2.71. The van der Waals surface area contributed by atoms with E-state index < -0.39 is 23.7 Å². The first-order chi connectivity index (χ1) is 14.7. The highest BCUT2D eigenvalue weighted by atomic mass is 35.5. The van der Waals surface area contributed by atoms with Gasteiger partial charge in [-0.15, -0.1) is 0 Å². The number of aromatic nitrogens is 1. The molecule has 1 atom stereocenters. The highest BCUT2D eigenvalue weighted by molar-refractivity contribution is 6.40. The number of hydrogen-bond acceptors (Lipinski definition) is 4. The smallest absolute Gasteiger partial charge is 0.326 e. The normalized spacial score (nSPS) is 11.6. The second-order valence-electron chi connectivity index (χ2n) is 6.50. The molecule has 0 fully saturated rings. The molecule has 0 saturated carbocycles. The van der Waals surface area contributed by atoms with Gasteiger partial charge in [0.1, 0.15) is 11.9 Å². The summed E-state index contributed by atoms with van der Waals surface area (Å²) in [4.78, 5) is 27.9. The third-order valence-corrected chi connectivity index (χ3v) is 5.15. The Balaban J connectivity index is 1.68. The Morgan fingerprint density at radius 2 is 1.58 bits per heavy atom. The summed E-state index contributed by atoms with van der Waals surface area (Å²) >= 11 is 17.7. The van der Waals surface area contributed by atoms with E-state index in [2.05, 4.69) is 15.6 Å². The van der Waals surface area contributed by atoms with Gasteiger partial charge in [0.15, 0.2) is 0 Å². The summed E-state index contributed by atoms with van der Waals surface area (Å²) in [5.74, 6) is -2.17. The lowest BCUT2D eigenvalue weighted by molar-refractivity contribution is -0.137. The van der Waals surface area contributed by atoms with Gasteiger partial charge in [-0.3, -0.25) is 9.78 Å². The number of anilines is 2. The molecule has 3 N–H and O–H groups in total. The van der Waals surface area contributed by atoms with Crippen LogP contribution in [-0.2, 0) is 11.2 Å². The number of benzene rings is 2. The van der Waals surface area contributed by atoms with E-state index in [4.69, 9.17) is 34.8 Å². The fourth-order valence-corrected chi connectivity index (χ4v) is 3.49. The van der Waals surface area contributed by atoms with Crippen molar-refractivity contribution in [3.05, 3.63) is 86.9 Å². The predicted octanol–water partition coefficient (Wildman–Crippen LogP) is 5.54. The minimum absolute atomic E-state index is 0.107. The van der Waals surface area contributed by atoms with Crippen molar-refractivity contribution in [3.63, 3.8) is 0 Å². The third-order valence-electron chi connectivity index (χ3n) is 4.29. The van der Waals surface area contributed by atoms with Gasteiger partial charge in [-0.1, -0.05) is 46.9 Å². The van der Waals surface area contributed by atoms with Crippen LogP contribution in [0.2, 0.25) is 15.1 Å².